The molecule has 0 bridgehead atoms. The number of benzene rings is 2. The van der Waals surface area contributed by atoms with Crippen LogP contribution in [0.4, 0.5) is 0 Å². The van der Waals surface area contributed by atoms with Gasteiger partial charge in [0.15, 0.2) is 5.65 Å². The van der Waals surface area contributed by atoms with E-state index in [1.54, 1.807) is 6.20 Å². The van der Waals surface area contributed by atoms with E-state index in [9.17, 15) is 4.79 Å². The van der Waals surface area contributed by atoms with Crippen molar-refractivity contribution < 1.29 is 0 Å². The molecule has 1 aliphatic rings. The second-order valence-electron chi connectivity index (χ2n) is 10.4. The average Bonchev–Trinajstić information content (AvgIpc) is 3.33. The van der Waals surface area contributed by atoms with E-state index in [4.69, 9.17) is 0 Å². The van der Waals surface area contributed by atoms with Crippen LogP contribution in [0.2, 0.25) is 0 Å². The maximum absolute atomic E-state index is 13.6. The highest BCUT2D eigenvalue weighted by Crippen LogP contribution is 2.29. The third kappa shape index (κ3) is 4.88. The minimum atomic E-state index is 0.0265. The van der Waals surface area contributed by atoms with E-state index < -0.39 is 0 Å². The molecule has 0 amide bonds. The number of piperazine rings is 1. The molecule has 39 heavy (non-hydrogen) atoms. The Labute approximate surface area is 229 Å². The van der Waals surface area contributed by atoms with Crippen molar-refractivity contribution in [1.29, 1.82) is 0 Å². The van der Waals surface area contributed by atoms with Gasteiger partial charge in [-0.3, -0.25) is 14.1 Å². The van der Waals surface area contributed by atoms with Gasteiger partial charge < -0.3 is 9.47 Å². The summed E-state index contributed by atoms with van der Waals surface area (Å²) in [5, 5.41) is 0. The third-order valence-electron chi connectivity index (χ3n) is 8.01. The van der Waals surface area contributed by atoms with Crippen molar-refractivity contribution in [2.24, 2.45) is 0 Å². The summed E-state index contributed by atoms with van der Waals surface area (Å²) in [5.41, 5.74) is 5.83. The summed E-state index contributed by atoms with van der Waals surface area (Å²) in [6.45, 7) is 9.70. The lowest BCUT2D eigenvalue weighted by atomic mass is 9.96. The van der Waals surface area contributed by atoms with Crippen molar-refractivity contribution in [3.05, 3.63) is 112 Å². The Hall–Kier alpha value is -3.81. The van der Waals surface area contributed by atoms with Crippen LogP contribution in [0.25, 0.3) is 16.7 Å². The van der Waals surface area contributed by atoms with Crippen LogP contribution >= 0.6 is 0 Å². The molecule has 0 spiro atoms. The summed E-state index contributed by atoms with van der Waals surface area (Å²) in [7, 11) is 0. The number of hydrogen-bond donors (Lipinski definition) is 0. The van der Waals surface area contributed by atoms with E-state index in [1.807, 2.05) is 28.0 Å². The lowest BCUT2D eigenvalue weighted by Crippen LogP contribution is -2.48. The van der Waals surface area contributed by atoms with Gasteiger partial charge in [0.25, 0.3) is 5.56 Å². The molecule has 0 unspecified atom stereocenters. The molecular weight excluding hydrogens is 484 g/mol. The molecule has 4 heterocycles. The molecule has 2 aromatic carbocycles. The fourth-order valence-electron chi connectivity index (χ4n) is 6.12. The Morgan fingerprint density at radius 1 is 0.846 bits per heavy atom. The number of nitrogens with zero attached hydrogens (tertiary/aromatic N) is 6. The van der Waals surface area contributed by atoms with E-state index >= 15 is 0 Å². The van der Waals surface area contributed by atoms with Crippen LogP contribution in [0.3, 0.4) is 0 Å². The molecule has 0 aliphatic carbocycles. The topological polar surface area (TPSA) is 58.7 Å². The molecule has 0 saturated carbocycles. The molecule has 6 rings (SSSR count). The lowest BCUT2D eigenvalue weighted by Gasteiger charge is -2.40. The van der Waals surface area contributed by atoms with E-state index in [1.165, 1.54) is 11.1 Å². The second kappa shape index (κ2) is 11.1. The predicted molar refractivity (Wildman–Crippen MR) is 156 cm³/mol. The zero-order chi connectivity index (χ0) is 26.8. The van der Waals surface area contributed by atoms with Crippen molar-refractivity contribution in [3.63, 3.8) is 0 Å². The standard InChI is InChI=1S/C32H36N6O/c1-3-28-34-24(2)29-32(39)37(27-16-10-17-33-31(27)38(28)29)19-11-18-35-20-22-36(23-21-35)30(25-12-6-4-7-13-25)26-14-8-5-9-15-26/h4-10,12-17,30H,3,11,18-23H2,1-2H3. The van der Waals surface area contributed by atoms with Crippen LogP contribution in [0.5, 0.6) is 0 Å². The fraction of sp³-hybridized carbons (Fsp3) is 0.344. The summed E-state index contributed by atoms with van der Waals surface area (Å²) in [6.07, 6.45) is 3.46. The maximum atomic E-state index is 13.6. The van der Waals surface area contributed by atoms with Gasteiger partial charge in [-0.25, -0.2) is 9.97 Å². The van der Waals surface area contributed by atoms with Gasteiger partial charge >= 0.3 is 0 Å². The Morgan fingerprint density at radius 3 is 2.15 bits per heavy atom. The molecule has 3 aromatic heterocycles. The minimum absolute atomic E-state index is 0.0265. The fourth-order valence-corrected chi connectivity index (χ4v) is 6.12. The zero-order valence-electron chi connectivity index (χ0n) is 22.8. The molecule has 1 fully saturated rings. The van der Waals surface area contributed by atoms with Crippen molar-refractivity contribution >= 4 is 16.7 Å². The number of pyridine rings is 1. The van der Waals surface area contributed by atoms with E-state index in [-0.39, 0.29) is 11.6 Å². The largest absolute Gasteiger partial charge is 0.303 e. The van der Waals surface area contributed by atoms with Gasteiger partial charge in [0.2, 0.25) is 0 Å². The van der Waals surface area contributed by atoms with Gasteiger partial charge in [-0.05, 0) is 43.1 Å². The highest BCUT2D eigenvalue weighted by atomic mass is 16.1. The summed E-state index contributed by atoms with van der Waals surface area (Å²) < 4.78 is 3.86. The number of imidazole rings is 1. The quantitative estimate of drug-likeness (QED) is 0.297. The average molecular weight is 521 g/mol. The van der Waals surface area contributed by atoms with Crippen LogP contribution in [-0.2, 0) is 13.0 Å². The van der Waals surface area contributed by atoms with Crippen LogP contribution in [0, 0.1) is 6.92 Å². The van der Waals surface area contributed by atoms with Gasteiger partial charge in [0.05, 0.1) is 17.3 Å². The maximum Gasteiger partial charge on any atom is 0.277 e. The predicted octanol–water partition coefficient (Wildman–Crippen LogP) is 4.71. The number of fused-ring (bicyclic) bond motifs is 3. The molecule has 1 aliphatic heterocycles. The summed E-state index contributed by atoms with van der Waals surface area (Å²) in [4.78, 5) is 28.1. The first-order valence-corrected chi connectivity index (χ1v) is 14.1. The molecule has 5 aromatic rings. The molecule has 1 saturated heterocycles. The molecule has 7 heteroatoms. The Kier molecular flexibility index (Phi) is 7.26. The first-order chi connectivity index (χ1) is 19.2. The molecular formula is C32H36N6O. The normalized spacial score (nSPS) is 15.1. The number of rotatable bonds is 8. The second-order valence-corrected chi connectivity index (χ2v) is 10.4. The summed E-state index contributed by atoms with van der Waals surface area (Å²) >= 11 is 0. The molecule has 0 radical (unpaired) electrons. The summed E-state index contributed by atoms with van der Waals surface area (Å²) in [6, 6.07) is 25.8. The first-order valence-electron chi connectivity index (χ1n) is 14.1. The SMILES string of the molecule is CCc1nc(C)c2c(=O)n(CCCN3CCN(C(c4ccccc4)c4ccccc4)CC3)c3cccnc3n12. The highest BCUT2D eigenvalue weighted by molar-refractivity contribution is 5.76. The minimum Gasteiger partial charge on any atom is -0.303 e. The van der Waals surface area contributed by atoms with Crippen molar-refractivity contribution in [1.82, 2.24) is 28.7 Å². The summed E-state index contributed by atoms with van der Waals surface area (Å²) in [5.74, 6) is 0.887. The number of aromatic nitrogens is 4. The van der Waals surface area contributed by atoms with E-state index in [0.29, 0.717) is 12.1 Å². The first kappa shape index (κ1) is 25.5. The van der Waals surface area contributed by atoms with Crippen molar-refractivity contribution in [2.45, 2.75) is 39.3 Å². The third-order valence-corrected chi connectivity index (χ3v) is 8.01. The van der Waals surface area contributed by atoms with Crippen LogP contribution in [-0.4, -0.2) is 61.5 Å². The molecule has 0 N–H and O–H groups in total. The number of hydrogen-bond acceptors (Lipinski definition) is 5. The number of aryl methyl sites for hydroxylation is 3. The van der Waals surface area contributed by atoms with Crippen molar-refractivity contribution in [3.8, 4) is 0 Å². The Balaban J connectivity index is 1.16. The zero-order valence-corrected chi connectivity index (χ0v) is 22.8. The lowest BCUT2D eigenvalue weighted by molar-refractivity contribution is 0.108. The van der Waals surface area contributed by atoms with E-state index in [2.05, 4.69) is 87.4 Å². The van der Waals surface area contributed by atoms with Crippen LogP contribution in [0.1, 0.15) is 42.0 Å². The van der Waals surface area contributed by atoms with Crippen LogP contribution in [0.15, 0.2) is 83.8 Å². The molecule has 0 atom stereocenters. The van der Waals surface area contributed by atoms with Gasteiger partial charge in [-0.1, -0.05) is 67.6 Å². The molecule has 7 nitrogen and oxygen atoms in total. The van der Waals surface area contributed by atoms with Crippen LogP contribution < -0.4 is 5.56 Å². The Bertz CT molecular complexity index is 1580. The molecule has 200 valence electrons. The monoisotopic (exact) mass is 520 g/mol. The van der Waals surface area contributed by atoms with Gasteiger partial charge in [0, 0.05) is 45.3 Å². The smallest absolute Gasteiger partial charge is 0.277 e. The van der Waals surface area contributed by atoms with E-state index in [0.717, 1.165) is 68.2 Å². The van der Waals surface area contributed by atoms with Gasteiger partial charge in [0.1, 0.15) is 11.3 Å². The highest BCUT2D eigenvalue weighted by Gasteiger charge is 2.26. The van der Waals surface area contributed by atoms with Gasteiger partial charge in [-0.2, -0.15) is 0 Å². The van der Waals surface area contributed by atoms with Crippen molar-refractivity contribution in [2.75, 3.05) is 32.7 Å². The van der Waals surface area contributed by atoms with Gasteiger partial charge in [-0.15, -0.1) is 0 Å². The Morgan fingerprint density at radius 2 is 1.51 bits per heavy atom.